The summed E-state index contributed by atoms with van der Waals surface area (Å²) in [5.74, 6) is -0.629. The Morgan fingerprint density at radius 1 is 1.10 bits per heavy atom. The predicted molar refractivity (Wildman–Crippen MR) is 79.3 cm³/mol. The van der Waals surface area contributed by atoms with Crippen LogP contribution in [0.2, 0.25) is 0 Å². The molecule has 0 unspecified atom stereocenters. The summed E-state index contributed by atoms with van der Waals surface area (Å²) in [6.45, 7) is 2.83. The Balaban J connectivity index is 2.06. The molecule has 20 heavy (non-hydrogen) atoms. The first-order valence-corrected chi connectivity index (χ1v) is 7.57. The molecule has 112 valence electrons. The Morgan fingerprint density at radius 3 is 2.40 bits per heavy atom. The van der Waals surface area contributed by atoms with Gasteiger partial charge in [-0.25, -0.2) is 9.78 Å². The van der Waals surface area contributed by atoms with Crippen molar-refractivity contribution in [2.45, 2.75) is 58.3 Å². The maximum Gasteiger partial charge on any atom is 0.354 e. The third-order valence-electron chi connectivity index (χ3n) is 3.19. The van der Waals surface area contributed by atoms with Crippen molar-refractivity contribution in [1.29, 1.82) is 0 Å². The Hall–Kier alpha value is -1.58. The molecule has 1 rings (SSSR count). The fourth-order valence-electron chi connectivity index (χ4n) is 2.03. The van der Waals surface area contributed by atoms with Gasteiger partial charge in [-0.1, -0.05) is 57.9 Å². The first kappa shape index (κ1) is 16.5. The molecular formula is C16H25NO3. The van der Waals surface area contributed by atoms with Crippen molar-refractivity contribution < 1.29 is 14.6 Å². The third kappa shape index (κ3) is 7.12. The molecule has 0 atom stereocenters. The summed E-state index contributed by atoms with van der Waals surface area (Å²) in [5.41, 5.74) is 0.0263. The zero-order valence-corrected chi connectivity index (χ0v) is 12.3. The second kappa shape index (κ2) is 10.2. The van der Waals surface area contributed by atoms with Crippen LogP contribution in [0.25, 0.3) is 0 Å². The maximum absolute atomic E-state index is 10.8. The Labute approximate surface area is 121 Å². The lowest BCUT2D eigenvalue weighted by Gasteiger charge is -2.05. The largest absolute Gasteiger partial charge is 0.478 e. The smallest absolute Gasteiger partial charge is 0.354 e. The number of pyridine rings is 1. The average Bonchev–Trinajstić information content (AvgIpc) is 2.46. The number of carbonyl (C=O) groups is 1. The zero-order chi connectivity index (χ0) is 14.6. The summed E-state index contributed by atoms with van der Waals surface area (Å²) in [4.78, 5) is 14.7. The molecule has 0 spiro atoms. The van der Waals surface area contributed by atoms with Gasteiger partial charge < -0.3 is 9.84 Å². The molecule has 0 aliphatic rings. The fraction of sp³-hybridized carbons (Fsp3) is 0.625. The van der Waals surface area contributed by atoms with Gasteiger partial charge in [0.25, 0.3) is 0 Å². The zero-order valence-electron chi connectivity index (χ0n) is 12.3. The topological polar surface area (TPSA) is 59.4 Å². The number of carboxylic acids is 1. The van der Waals surface area contributed by atoms with Crippen LogP contribution in [0.5, 0.6) is 5.88 Å². The minimum absolute atomic E-state index is 0.0263. The van der Waals surface area contributed by atoms with Crippen molar-refractivity contribution in [3.05, 3.63) is 23.9 Å². The SMILES string of the molecule is CCCCCCCCCCOc1cccc(C(=O)O)n1. The van der Waals surface area contributed by atoms with E-state index >= 15 is 0 Å². The summed E-state index contributed by atoms with van der Waals surface area (Å²) in [6.07, 6.45) is 10.0. The average molecular weight is 279 g/mol. The van der Waals surface area contributed by atoms with E-state index in [2.05, 4.69) is 11.9 Å². The van der Waals surface area contributed by atoms with Gasteiger partial charge in [0.05, 0.1) is 6.61 Å². The first-order chi connectivity index (χ1) is 9.74. The lowest BCUT2D eigenvalue weighted by Crippen LogP contribution is -2.04. The number of aromatic carboxylic acids is 1. The molecule has 0 radical (unpaired) electrons. The summed E-state index contributed by atoms with van der Waals surface area (Å²) in [6, 6.07) is 4.81. The van der Waals surface area contributed by atoms with Crippen LogP contribution in [-0.4, -0.2) is 22.7 Å². The van der Waals surface area contributed by atoms with Crippen molar-refractivity contribution in [2.24, 2.45) is 0 Å². The van der Waals surface area contributed by atoms with E-state index in [-0.39, 0.29) is 5.69 Å². The standard InChI is InChI=1S/C16H25NO3/c1-2-3-4-5-6-7-8-9-13-20-15-12-10-11-14(17-15)16(18)19/h10-12H,2-9,13H2,1H3,(H,18,19). The van der Waals surface area contributed by atoms with Crippen LogP contribution in [0.4, 0.5) is 0 Å². The van der Waals surface area contributed by atoms with Gasteiger partial charge in [-0.15, -0.1) is 0 Å². The van der Waals surface area contributed by atoms with Crippen molar-refractivity contribution in [3.63, 3.8) is 0 Å². The summed E-state index contributed by atoms with van der Waals surface area (Å²) >= 11 is 0. The van der Waals surface area contributed by atoms with Gasteiger partial charge in [-0.05, 0) is 12.5 Å². The molecule has 1 aromatic heterocycles. The molecule has 0 aromatic carbocycles. The van der Waals surface area contributed by atoms with Crippen LogP contribution < -0.4 is 4.74 Å². The summed E-state index contributed by atoms with van der Waals surface area (Å²) < 4.78 is 5.47. The van der Waals surface area contributed by atoms with Crippen LogP contribution in [0, 0.1) is 0 Å². The first-order valence-electron chi connectivity index (χ1n) is 7.57. The Bertz CT molecular complexity index is 393. The lowest BCUT2D eigenvalue weighted by molar-refractivity contribution is 0.0689. The van der Waals surface area contributed by atoms with Crippen LogP contribution in [-0.2, 0) is 0 Å². The number of hydrogen-bond donors (Lipinski definition) is 1. The normalized spacial score (nSPS) is 10.4. The molecule has 1 heterocycles. The number of rotatable bonds is 11. The van der Waals surface area contributed by atoms with Crippen LogP contribution in [0.3, 0.4) is 0 Å². The minimum atomic E-state index is -1.03. The molecule has 0 saturated heterocycles. The van der Waals surface area contributed by atoms with E-state index in [1.165, 1.54) is 44.6 Å². The molecule has 4 nitrogen and oxygen atoms in total. The van der Waals surface area contributed by atoms with Crippen LogP contribution in [0.1, 0.15) is 68.8 Å². The molecule has 1 N–H and O–H groups in total. The highest BCUT2D eigenvalue weighted by molar-refractivity contribution is 5.85. The second-order valence-electron chi connectivity index (χ2n) is 4.99. The van der Waals surface area contributed by atoms with E-state index in [0.29, 0.717) is 12.5 Å². The molecule has 0 aliphatic carbocycles. The molecule has 4 heteroatoms. The van der Waals surface area contributed by atoms with E-state index in [0.717, 1.165) is 12.8 Å². The minimum Gasteiger partial charge on any atom is -0.478 e. The summed E-state index contributed by atoms with van der Waals surface area (Å²) in [7, 11) is 0. The van der Waals surface area contributed by atoms with Gasteiger partial charge in [-0.2, -0.15) is 0 Å². The molecule has 0 fully saturated rings. The number of nitrogens with zero attached hydrogens (tertiary/aromatic N) is 1. The van der Waals surface area contributed by atoms with Gasteiger partial charge in [0.15, 0.2) is 5.69 Å². The van der Waals surface area contributed by atoms with E-state index in [1.807, 2.05) is 0 Å². The van der Waals surface area contributed by atoms with Crippen molar-refractivity contribution in [1.82, 2.24) is 4.98 Å². The lowest BCUT2D eigenvalue weighted by atomic mass is 10.1. The fourth-order valence-corrected chi connectivity index (χ4v) is 2.03. The Morgan fingerprint density at radius 2 is 1.75 bits per heavy atom. The number of hydrogen-bond acceptors (Lipinski definition) is 3. The van der Waals surface area contributed by atoms with Gasteiger partial charge in [-0.3, -0.25) is 0 Å². The highest BCUT2D eigenvalue weighted by Gasteiger charge is 2.05. The van der Waals surface area contributed by atoms with Crippen molar-refractivity contribution in [3.8, 4) is 5.88 Å². The highest BCUT2D eigenvalue weighted by Crippen LogP contribution is 2.11. The molecule has 0 aliphatic heterocycles. The Kier molecular flexibility index (Phi) is 8.43. The van der Waals surface area contributed by atoms with Gasteiger partial charge >= 0.3 is 5.97 Å². The van der Waals surface area contributed by atoms with Gasteiger partial charge in [0.1, 0.15) is 0 Å². The van der Waals surface area contributed by atoms with E-state index in [1.54, 1.807) is 12.1 Å². The second-order valence-corrected chi connectivity index (χ2v) is 4.99. The number of aromatic nitrogens is 1. The predicted octanol–water partition coefficient (Wildman–Crippen LogP) is 4.30. The molecule has 1 aromatic rings. The van der Waals surface area contributed by atoms with E-state index in [4.69, 9.17) is 9.84 Å². The molecular weight excluding hydrogens is 254 g/mol. The number of ether oxygens (including phenoxy) is 1. The molecule has 0 amide bonds. The number of carboxylic acid groups (broad SMARTS) is 1. The van der Waals surface area contributed by atoms with Crippen molar-refractivity contribution >= 4 is 5.97 Å². The molecule has 0 bridgehead atoms. The quantitative estimate of drug-likeness (QED) is 0.613. The maximum atomic E-state index is 10.8. The summed E-state index contributed by atoms with van der Waals surface area (Å²) in [5, 5.41) is 8.82. The van der Waals surface area contributed by atoms with Crippen molar-refractivity contribution in [2.75, 3.05) is 6.61 Å². The van der Waals surface area contributed by atoms with Crippen LogP contribution in [0.15, 0.2) is 18.2 Å². The third-order valence-corrected chi connectivity index (χ3v) is 3.19. The highest BCUT2D eigenvalue weighted by atomic mass is 16.5. The van der Waals surface area contributed by atoms with Gasteiger partial charge in [0.2, 0.25) is 5.88 Å². The van der Waals surface area contributed by atoms with Gasteiger partial charge in [0, 0.05) is 6.07 Å². The van der Waals surface area contributed by atoms with Crippen LogP contribution >= 0.6 is 0 Å². The monoisotopic (exact) mass is 279 g/mol. The number of unbranched alkanes of at least 4 members (excludes halogenated alkanes) is 7. The van der Waals surface area contributed by atoms with E-state index in [9.17, 15) is 4.79 Å². The van der Waals surface area contributed by atoms with E-state index < -0.39 is 5.97 Å². The molecule has 0 saturated carbocycles.